The molecular weight excluding hydrogens is 481 g/mol. The van der Waals surface area contributed by atoms with Crippen molar-refractivity contribution in [1.82, 2.24) is 0 Å². The molecule has 0 spiro atoms. The van der Waals surface area contributed by atoms with E-state index in [0.717, 1.165) is 12.1 Å². The summed E-state index contributed by atoms with van der Waals surface area (Å²) in [6.45, 7) is 1.36. The van der Waals surface area contributed by atoms with E-state index >= 15 is 0 Å². The first kappa shape index (κ1) is 24.8. The van der Waals surface area contributed by atoms with Crippen LogP contribution in [-0.2, 0) is 19.9 Å². The highest BCUT2D eigenvalue weighted by molar-refractivity contribution is 7.86. The van der Waals surface area contributed by atoms with Crippen LogP contribution < -0.4 is 0 Å². The Morgan fingerprint density at radius 1 is 0.677 bits per heavy atom. The molecule has 3 nitrogen and oxygen atoms in total. The van der Waals surface area contributed by atoms with Crippen LogP contribution >= 0.6 is 0 Å². The summed E-state index contributed by atoms with van der Waals surface area (Å²) in [5, 5.41) is 0. The topological polar surface area (TPSA) is 43.4 Å². The van der Waals surface area contributed by atoms with Crippen LogP contribution in [0, 0.1) is 36.0 Å². The third-order valence-electron chi connectivity index (χ3n) is 3.90. The number of hydrogen-bond donors (Lipinski definition) is 0. The molecule has 2 aromatic carbocycles. The first-order valence-electron chi connectivity index (χ1n) is 7.56. The number of alkyl halides is 6. The van der Waals surface area contributed by atoms with Gasteiger partial charge in [-0.05, 0) is 19.1 Å². The molecule has 31 heavy (non-hydrogen) atoms. The monoisotopic (exact) mass is 488 g/mol. The predicted octanol–water partition coefficient (Wildman–Crippen LogP) is 5.42. The predicted molar refractivity (Wildman–Crippen MR) is 79.5 cm³/mol. The Balaban J connectivity index is 3.00. The van der Waals surface area contributed by atoms with Crippen molar-refractivity contribution in [2.45, 2.75) is 29.8 Å². The average Bonchev–Trinajstić information content (AvgIpc) is 2.62. The average molecular weight is 488 g/mol. The lowest BCUT2D eigenvalue weighted by Gasteiger charge is -2.36. The molecule has 0 N–H and O–H groups in total. The minimum absolute atomic E-state index is 0.302. The van der Waals surface area contributed by atoms with Crippen LogP contribution in [0.4, 0.5) is 48.3 Å². The zero-order valence-corrected chi connectivity index (χ0v) is 15.4. The summed E-state index contributed by atoms with van der Waals surface area (Å²) in [5.74, 6) is -16.6. The van der Waals surface area contributed by atoms with E-state index in [9.17, 15) is 56.7 Å². The van der Waals surface area contributed by atoms with Gasteiger partial charge >= 0.3 is 18.0 Å². The summed E-state index contributed by atoms with van der Waals surface area (Å²) in [6.07, 6.45) is -14.1. The largest absolute Gasteiger partial charge is 0.432 e. The fourth-order valence-electron chi connectivity index (χ4n) is 2.41. The van der Waals surface area contributed by atoms with E-state index in [0.29, 0.717) is 17.7 Å². The Hall–Kier alpha value is -2.42. The highest BCUT2D eigenvalue weighted by Gasteiger charge is 2.77. The number of halogens is 11. The van der Waals surface area contributed by atoms with Gasteiger partial charge in [-0.3, -0.25) is 0 Å². The second-order valence-electron chi connectivity index (χ2n) is 5.97. The fraction of sp³-hybridized carbons (Fsp3) is 0.250. The van der Waals surface area contributed by atoms with Gasteiger partial charge in [-0.1, -0.05) is 17.7 Å². The van der Waals surface area contributed by atoms with Crippen molar-refractivity contribution in [2.24, 2.45) is 0 Å². The Labute approximate surface area is 166 Å². The van der Waals surface area contributed by atoms with Gasteiger partial charge in [0.2, 0.25) is 5.82 Å². The molecule has 0 aliphatic heterocycles. The van der Waals surface area contributed by atoms with Crippen molar-refractivity contribution in [3.8, 4) is 0 Å². The smallest absolute Gasteiger partial charge is 0.235 e. The Morgan fingerprint density at radius 2 is 1.03 bits per heavy atom. The van der Waals surface area contributed by atoms with Crippen molar-refractivity contribution in [3.63, 3.8) is 0 Å². The van der Waals surface area contributed by atoms with Crippen LogP contribution in [0.5, 0.6) is 0 Å². The van der Waals surface area contributed by atoms with Crippen molar-refractivity contribution in [3.05, 3.63) is 64.5 Å². The van der Waals surface area contributed by atoms with Gasteiger partial charge in [0.15, 0.2) is 23.3 Å². The summed E-state index contributed by atoms with van der Waals surface area (Å²) in [4.78, 5) is -1.32. The first-order chi connectivity index (χ1) is 13.9. The molecule has 0 atom stereocenters. The first-order valence-corrected chi connectivity index (χ1v) is 8.97. The fourth-order valence-corrected chi connectivity index (χ4v) is 3.58. The van der Waals surface area contributed by atoms with Crippen molar-refractivity contribution in [2.75, 3.05) is 0 Å². The molecule has 2 aromatic rings. The number of benzene rings is 2. The number of rotatable bonds is 4. The van der Waals surface area contributed by atoms with Crippen LogP contribution in [-0.4, -0.2) is 20.8 Å². The summed E-state index contributed by atoms with van der Waals surface area (Å²) in [6, 6.07) is 2.86. The maximum absolute atomic E-state index is 14.0. The van der Waals surface area contributed by atoms with Gasteiger partial charge < -0.3 is 0 Å². The molecule has 0 aromatic heterocycles. The van der Waals surface area contributed by atoms with E-state index in [2.05, 4.69) is 4.18 Å². The highest BCUT2D eigenvalue weighted by atomic mass is 32.2. The van der Waals surface area contributed by atoms with Gasteiger partial charge in [0.05, 0.1) is 10.5 Å². The molecule has 0 amide bonds. The van der Waals surface area contributed by atoms with E-state index in [4.69, 9.17) is 0 Å². The second kappa shape index (κ2) is 7.62. The van der Waals surface area contributed by atoms with Gasteiger partial charge in [0.1, 0.15) is 0 Å². The third kappa shape index (κ3) is 3.95. The van der Waals surface area contributed by atoms with Crippen molar-refractivity contribution < 1.29 is 60.9 Å². The van der Waals surface area contributed by atoms with Crippen molar-refractivity contribution >= 4 is 10.1 Å². The van der Waals surface area contributed by atoms with Crippen LogP contribution in [0.1, 0.15) is 11.1 Å². The molecule has 15 heteroatoms. The lowest BCUT2D eigenvalue weighted by atomic mass is 9.90. The zero-order valence-electron chi connectivity index (χ0n) is 14.6. The molecular formula is C16H7F11O3S. The highest BCUT2D eigenvalue weighted by Crippen LogP contribution is 2.56. The number of hydrogen-bond acceptors (Lipinski definition) is 3. The molecule has 0 saturated carbocycles. The van der Waals surface area contributed by atoms with Gasteiger partial charge in [0, 0.05) is 0 Å². The molecule has 0 aliphatic rings. The summed E-state index contributed by atoms with van der Waals surface area (Å²) in [7, 11) is -6.13. The van der Waals surface area contributed by atoms with Gasteiger partial charge in [-0.25, -0.2) is 26.1 Å². The van der Waals surface area contributed by atoms with Crippen LogP contribution in [0.25, 0.3) is 0 Å². The minimum atomic E-state index is -7.07. The molecule has 0 fully saturated rings. The van der Waals surface area contributed by atoms with Crippen LogP contribution in [0.2, 0.25) is 0 Å². The Bertz CT molecular complexity index is 1060. The van der Waals surface area contributed by atoms with E-state index in [1.165, 1.54) is 6.92 Å². The van der Waals surface area contributed by atoms with Gasteiger partial charge in [-0.2, -0.15) is 34.8 Å². The molecule has 0 radical (unpaired) electrons. The SMILES string of the molecule is Cc1ccc(S(=O)(=O)OC(c2c(F)c(F)c(F)c(F)c2F)(C(F)(F)F)C(F)(F)F)cc1. The van der Waals surface area contributed by atoms with E-state index in [1.54, 1.807) is 0 Å². The van der Waals surface area contributed by atoms with E-state index in [1.807, 2.05) is 0 Å². The van der Waals surface area contributed by atoms with Crippen LogP contribution in [0.3, 0.4) is 0 Å². The normalized spacial score (nSPS) is 13.5. The maximum Gasteiger partial charge on any atom is 0.432 e. The minimum Gasteiger partial charge on any atom is -0.235 e. The second-order valence-corrected chi connectivity index (χ2v) is 7.52. The molecule has 2 rings (SSSR count). The molecule has 0 saturated heterocycles. The van der Waals surface area contributed by atoms with Gasteiger partial charge in [-0.15, -0.1) is 0 Å². The lowest BCUT2D eigenvalue weighted by Crippen LogP contribution is -2.58. The zero-order chi connectivity index (χ0) is 24.2. The molecule has 0 unspecified atom stereocenters. The van der Waals surface area contributed by atoms with Crippen LogP contribution in [0.15, 0.2) is 29.2 Å². The summed E-state index contributed by atoms with van der Waals surface area (Å²) in [5.41, 5.74) is -9.76. The summed E-state index contributed by atoms with van der Waals surface area (Å²) < 4.78 is 177. The standard InChI is InChI=1S/C16H7F11O3S/c1-6-2-4-7(5-3-6)31(28,29)30-14(15(22,23)24,16(25,26)27)8-9(17)11(19)13(21)12(20)10(8)18/h2-5H,1H3. The van der Waals surface area contributed by atoms with E-state index < -0.39 is 67.6 Å². The lowest BCUT2D eigenvalue weighted by molar-refractivity contribution is -0.366. The summed E-state index contributed by atoms with van der Waals surface area (Å²) >= 11 is 0. The maximum atomic E-state index is 14.0. The molecule has 0 heterocycles. The van der Waals surface area contributed by atoms with Gasteiger partial charge in [0.25, 0.3) is 10.1 Å². The number of aryl methyl sites for hydroxylation is 1. The Kier molecular flexibility index (Phi) is 6.10. The van der Waals surface area contributed by atoms with Crippen molar-refractivity contribution in [1.29, 1.82) is 0 Å². The molecule has 0 bridgehead atoms. The third-order valence-corrected chi connectivity index (χ3v) is 5.22. The van der Waals surface area contributed by atoms with E-state index in [-0.39, 0.29) is 0 Å². The quantitative estimate of drug-likeness (QED) is 0.250. The molecule has 0 aliphatic carbocycles. The molecule has 172 valence electrons. The Morgan fingerprint density at radius 3 is 1.39 bits per heavy atom.